The molecule has 1 unspecified atom stereocenters. The molecule has 0 radical (unpaired) electrons. The molecular formula is C10H13NO3. The number of β-amino-alcohol motifs (C(OH)–C–C–N with tert-alkyl or cyclic N) is 1. The van der Waals surface area contributed by atoms with Gasteiger partial charge in [-0.3, -0.25) is 4.79 Å². The second-order valence-corrected chi connectivity index (χ2v) is 3.58. The van der Waals surface area contributed by atoms with Crippen molar-refractivity contribution in [3.63, 3.8) is 0 Å². The average molecular weight is 195 g/mol. The SMILES string of the molecule is Cc1occc1C(=O)N1CCC(O)C1. The number of likely N-dealkylation sites (tertiary alicyclic amines) is 1. The van der Waals surface area contributed by atoms with Gasteiger partial charge in [-0.2, -0.15) is 0 Å². The van der Waals surface area contributed by atoms with Gasteiger partial charge in [-0.15, -0.1) is 0 Å². The molecule has 4 nitrogen and oxygen atoms in total. The van der Waals surface area contributed by atoms with Crippen molar-refractivity contribution in [3.8, 4) is 0 Å². The summed E-state index contributed by atoms with van der Waals surface area (Å²) in [5.74, 6) is 0.587. The number of aliphatic hydroxyl groups excluding tert-OH is 1. The van der Waals surface area contributed by atoms with Crippen molar-refractivity contribution in [2.75, 3.05) is 13.1 Å². The summed E-state index contributed by atoms with van der Waals surface area (Å²) in [6, 6.07) is 1.67. The first kappa shape index (κ1) is 9.27. The van der Waals surface area contributed by atoms with Gasteiger partial charge in [0.2, 0.25) is 0 Å². The molecule has 14 heavy (non-hydrogen) atoms. The number of furan rings is 1. The first-order chi connectivity index (χ1) is 6.68. The van der Waals surface area contributed by atoms with Crippen molar-refractivity contribution in [1.82, 2.24) is 4.90 Å². The van der Waals surface area contributed by atoms with Crippen LogP contribution in [0.4, 0.5) is 0 Å². The normalized spacial score (nSPS) is 21.6. The molecule has 1 aliphatic heterocycles. The summed E-state index contributed by atoms with van der Waals surface area (Å²) < 4.78 is 5.06. The van der Waals surface area contributed by atoms with Crippen LogP contribution >= 0.6 is 0 Å². The lowest BCUT2D eigenvalue weighted by Gasteiger charge is -2.14. The number of aryl methyl sites for hydroxylation is 1. The highest BCUT2D eigenvalue weighted by molar-refractivity contribution is 5.95. The highest BCUT2D eigenvalue weighted by atomic mass is 16.3. The fourth-order valence-corrected chi connectivity index (χ4v) is 1.70. The number of aliphatic hydroxyl groups is 1. The Morgan fingerprint density at radius 2 is 2.50 bits per heavy atom. The van der Waals surface area contributed by atoms with E-state index in [0.717, 1.165) is 0 Å². The van der Waals surface area contributed by atoms with E-state index in [2.05, 4.69) is 0 Å². The first-order valence-electron chi connectivity index (χ1n) is 4.70. The Morgan fingerprint density at radius 1 is 1.71 bits per heavy atom. The van der Waals surface area contributed by atoms with Gasteiger partial charge in [-0.1, -0.05) is 0 Å². The monoisotopic (exact) mass is 195 g/mol. The van der Waals surface area contributed by atoms with Crippen LogP contribution in [0.15, 0.2) is 16.7 Å². The summed E-state index contributed by atoms with van der Waals surface area (Å²) in [4.78, 5) is 13.5. The Morgan fingerprint density at radius 3 is 3.00 bits per heavy atom. The van der Waals surface area contributed by atoms with Gasteiger partial charge in [-0.25, -0.2) is 0 Å². The van der Waals surface area contributed by atoms with Crippen molar-refractivity contribution in [2.24, 2.45) is 0 Å². The van der Waals surface area contributed by atoms with E-state index in [4.69, 9.17) is 4.42 Å². The second kappa shape index (κ2) is 3.46. The number of carbonyl (C=O) groups excluding carboxylic acids is 1. The summed E-state index contributed by atoms with van der Waals surface area (Å²) in [6.45, 7) is 2.83. The molecule has 1 aromatic heterocycles. The van der Waals surface area contributed by atoms with E-state index < -0.39 is 0 Å². The number of hydrogen-bond donors (Lipinski definition) is 1. The zero-order chi connectivity index (χ0) is 10.1. The van der Waals surface area contributed by atoms with Gasteiger partial charge in [0.1, 0.15) is 5.76 Å². The number of nitrogens with zero attached hydrogens (tertiary/aromatic N) is 1. The van der Waals surface area contributed by atoms with Crippen LogP contribution in [0.25, 0.3) is 0 Å². The minimum atomic E-state index is -0.369. The molecule has 0 bridgehead atoms. The Hall–Kier alpha value is -1.29. The quantitative estimate of drug-likeness (QED) is 0.721. The highest BCUT2D eigenvalue weighted by Crippen LogP contribution is 2.16. The van der Waals surface area contributed by atoms with Crippen LogP contribution in [0.3, 0.4) is 0 Å². The maximum Gasteiger partial charge on any atom is 0.257 e. The van der Waals surface area contributed by atoms with Crippen molar-refractivity contribution in [1.29, 1.82) is 0 Å². The predicted molar refractivity (Wildman–Crippen MR) is 50.0 cm³/mol. The van der Waals surface area contributed by atoms with Crippen molar-refractivity contribution in [3.05, 3.63) is 23.7 Å². The van der Waals surface area contributed by atoms with Crippen LogP contribution in [-0.4, -0.2) is 35.1 Å². The molecule has 1 N–H and O–H groups in total. The standard InChI is InChI=1S/C10H13NO3/c1-7-9(3-5-14-7)10(13)11-4-2-8(12)6-11/h3,5,8,12H,2,4,6H2,1H3. The molecule has 1 aromatic rings. The molecule has 0 spiro atoms. The number of amides is 1. The lowest BCUT2D eigenvalue weighted by Crippen LogP contribution is -2.29. The third-order valence-electron chi connectivity index (χ3n) is 2.54. The molecule has 1 amide bonds. The minimum absolute atomic E-state index is 0.0483. The Kier molecular flexibility index (Phi) is 2.29. The molecule has 1 saturated heterocycles. The maximum atomic E-state index is 11.8. The van der Waals surface area contributed by atoms with Crippen LogP contribution < -0.4 is 0 Å². The van der Waals surface area contributed by atoms with Gasteiger partial charge in [0.05, 0.1) is 17.9 Å². The average Bonchev–Trinajstić information content (AvgIpc) is 2.73. The van der Waals surface area contributed by atoms with E-state index in [1.165, 1.54) is 6.26 Å². The lowest BCUT2D eigenvalue weighted by molar-refractivity contribution is 0.0763. The first-order valence-corrected chi connectivity index (χ1v) is 4.70. The van der Waals surface area contributed by atoms with Gasteiger partial charge in [0.15, 0.2) is 0 Å². The summed E-state index contributed by atoms with van der Waals surface area (Å²) in [5, 5.41) is 9.30. The molecule has 2 heterocycles. The minimum Gasteiger partial charge on any atom is -0.469 e. The van der Waals surface area contributed by atoms with Crippen molar-refractivity contribution < 1.29 is 14.3 Å². The molecule has 1 aliphatic rings. The van der Waals surface area contributed by atoms with Gasteiger partial charge in [0, 0.05) is 13.1 Å². The fraction of sp³-hybridized carbons (Fsp3) is 0.500. The molecular weight excluding hydrogens is 182 g/mol. The lowest BCUT2D eigenvalue weighted by atomic mass is 10.2. The molecule has 0 saturated carbocycles. The van der Waals surface area contributed by atoms with Gasteiger partial charge >= 0.3 is 0 Å². The topological polar surface area (TPSA) is 53.7 Å². The highest BCUT2D eigenvalue weighted by Gasteiger charge is 2.26. The Bertz CT molecular complexity index is 345. The predicted octanol–water partition coefficient (Wildman–Crippen LogP) is 0.795. The Labute approximate surface area is 82.1 Å². The third kappa shape index (κ3) is 1.53. The molecule has 0 aromatic carbocycles. The molecule has 76 valence electrons. The van der Waals surface area contributed by atoms with Crippen molar-refractivity contribution in [2.45, 2.75) is 19.4 Å². The number of hydrogen-bond acceptors (Lipinski definition) is 3. The van der Waals surface area contributed by atoms with Crippen LogP contribution in [0.2, 0.25) is 0 Å². The molecule has 0 aliphatic carbocycles. The zero-order valence-corrected chi connectivity index (χ0v) is 8.06. The summed E-state index contributed by atoms with van der Waals surface area (Å²) >= 11 is 0. The molecule has 2 rings (SSSR count). The van der Waals surface area contributed by atoms with Crippen LogP contribution in [0, 0.1) is 6.92 Å². The van der Waals surface area contributed by atoms with E-state index in [1.807, 2.05) is 0 Å². The van der Waals surface area contributed by atoms with Gasteiger partial charge in [0.25, 0.3) is 5.91 Å². The van der Waals surface area contributed by atoms with Gasteiger partial charge in [-0.05, 0) is 19.4 Å². The number of rotatable bonds is 1. The van der Waals surface area contributed by atoms with E-state index in [-0.39, 0.29) is 12.0 Å². The molecule has 1 atom stereocenters. The van der Waals surface area contributed by atoms with Crippen molar-refractivity contribution >= 4 is 5.91 Å². The van der Waals surface area contributed by atoms with Crippen LogP contribution in [0.5, 0.6) is 0 Å². The second-order valence-electron chi connectivity index (χ2n) is 3.58. The smallest absolute Gasteiger partial charge is 0.257 e. The molecule has 1 fully saturated rings. The summed E-state index contributed by atoms with van der Waals surface area (Å²) in [5.41, 5.74) is 0.596. The zero-order valence-electron chi connectivity index (χ0n) is 8.06. The third-order valence-corrected chi connectivity index (χ3v) is 2.54. The summed E-state index contributed by atoms with van der Waals surface area (Å²) in [7, 11) is 0. The van der Waals surface area contributed by atoms with Crippen LogP contribution in [0.1, 0.15) is 22.5 Å². The largest absolute Gasteiger partial charge is 0.469 e. The van der Waals surface area contributed by atoms with E-state index in [9.17, 15) is 9.90 Å². The maximum absolute atomic E-state index is 11.8. The van der Waals surface area contributed by atoms with E-state index >= 15 is 0 Å². The van der Waals surface area contributed by atoms with E-state index in [1.54, 1.807) is 17.9 Å². The number of carbonyl (C=O) groups is 1. The Balaban J connectivity index is 2.13. The van der Waals surface area contributed by atoms with Crippen LogP contribution in [-0.2, 0) is 0 Å². The van der Waals surface area contributed by atoms with Gasteiger partial charge < -0.3 is 14.4 Å². The fourth-order valence-electron chi connectivity index (χ4n) is 1.70. The summed E-state index contributed by atoms with van der Waals surface area (Å²) in [6.07, 6.45) is 1.81. The molecule has 4 heteroatoms. The van der Waals surface area contributed by atoms with E-state index in [0.29, 0.717) is 30.8 Å².